The van der Waals surface area contributed by atoms with Crippen LogP contribution in [0.25, 0.3) is 0 Å². The van der Waals surface area contributed by atoms with Crippen LogP contribution >= 0.6 is 0 Å². The lowest BCUT2D eigenvalue weighted by molar-refractivity contribution is -0.139. The van der Waals surface area contributed by atoms with Gasteiger partial charge in [0.25, 0.3) is 0 Å². The molecule has 0 heterocycles. The number of carbonyl (C=O) groups excluding carboxylic acids is 3. The second kappa shape index (κ2) is 12.7. The molecule has 0 aromatic heterocycles. The van der Waals surface area contributed by atoms with Crippen LogP contribution in [0.4, 0.5) is 4.79 Å². The van der Waals surface area contributed by atoms with Crippen molar-refractivity contribution in [2.75, 3.05) is 6.61 Å². The predicted molar refractivity (Wildman–Crippen MR) is 133 cm³/mol. The van der Waals surface area contributed by atoms with E-state index in [1.165, 1.54) is 25.1 Å². The zero-order chi connectivity index (χ0) is 26.9. The number of ketones is 1. The summed E-state index contributed by atoms with van der Waals surface area (Å²) in [6, 6.07) is 9.90. The number of hydrogen-bond donors (Lipinski definition) is 2. The summed E-state index contributed by atoms with van der Waals surface area (Å²) in [5, 5.41) is 11.8. The lowest BCUT2D eigenvalue weighted by Gasteiger charge is -2.22. The molecule has 0 fully saturated rings. The van der Waals surface area contributed by atoms with Gasteiger partial charge in [-0.3, -0.25) is 4.79 Å². The van der Waals surface area contributed by atoms with Gasteiger partial charge in [0.2, 0.25) is 0 Å². The van der Waals surface area contributed by atoms with Gasteiger partial charge < -0.3 is 24.6 Å². The van der Waals surface area contributed by atoms with Gasteiger partial charge in [-0.15, -0.1) is 0 Å². The number of Topliss-reactive ketones (excluding diaryl/α,β-unsaturated/α-hetero) is 1. The monoisotopic (exact) mass is 499 g/mol. The number of esters is 1. The van der Waals surface area contributed by atoms with Gasteiger partial charge in [0.05, 0.1) is 17.7 Å². The Kier molecular flexibility index (Phi) is 10.0. The molecule has 2 aromatic carbocycles. The summed E-state index contributed by atoms with van der Waals surface area (Å²) in [7, 11) is 0. The van der Waals surface area contributed by atoms with Crippen molar-refractivity contribution >= 4 is 23.8 Å². The van der Waals surface area contributed by atoms with E-state index in [2.05, 4.69) is 5.32 Å². The van der Waals surface area contributed by atoms with Crippen molar-refractivity contribution < 1.29 is 38.5 Å². The normalized spacial score (nSPS) is 11.8. The Bertz CT molecular complexity index is 1090. The maximum atomic E-state index is 12.2. The molecule has 194 valence electrons. The second-order valence-electron chi connectivity index (χ2n) is 9.24. The van der Waals surface area contributed by atoms with E-state index in [4.69, 9.17) is 14.2 Å². The average Bonchev–Trinajstić information content (AvgIpc) is 2.78. The number of carboxylic acids is 1. The van der Waals surface area contributed by atoms with E-state index >= 15 is 0 Å². The molecular weight excluding hydrogens is 466 g/mol. The number of benzene rings is 2. The zero-order valence-corrected chi connectivity index (χ0v) is 21.3. The number of carboxylic acid groups (broad SMARTS) is 1. The molecule has 1 amide bonds. The van der Waals surface area contributed by atoms with Gasteiger partial charge in [-0.1, -0.05) is 25.5 Å². The van der Waals surface area contributed by atoms with Crippen molar-refractivity contribution in [2.45, 2.75) is 65.5 Å². The van der Waals surface area contributed by atoms with Crippen LogP contribution in [-0.4, -0.2) is 47.2 Å². The SMILES string of the molecule is CCCCOC(=O)c1ccc(Oc2ccc(C[C@H](NC(=O)OC(C)(C)C)C(=O)O)cc2)c(C(C)=O)c1. The number of aliphatic carboxylic acids is 1. The third-order valence-electron chi connectivity index (χ3n) is 4.91. The molecule has 0 radical (unpaired) electrons. The van der Waals surface area contributed by atoms with E-state index < -0.39 is 29.7 Å². The van der Waals surface area contributed by atoms with Crippen LogP contribution in [0, 0.1) is 0 Å². The van der Waals surface area contributed by atoms with E-state index in [-0.39, 0.29) is 29.1 Å². The van der Waals surface area contributed by atoms with E-state index in [0.29, 0.717) is 17.9 Å². The van der Waals surface area contributed by atoms with Gasteiger partial charge >= 0.3 is 18.0 Å². The first-order chi connectivity index (χ1) is 16.9. The lowest BCUT2D eigenvalue weighted by Crippen LogP contribution is -2.44. The van der Waals surface area contributed by atoms with Gasteiger partial charge in [-0.25, -0.2) is 14.4 Å². The van der Waals surface area contributed by atoms with Crippen molar-refractivity contribution in [2.24, 2.45) is 0 Å². The molecule has 2 N–H and O–H groups in total. The van der Waals surface area contributed by atoms with Gasteiger partial charge in [-0.2, -0.15) is 0 Å². The van der Waals surface area contributed by atoms with Crippen LogP contribution in [0.2, 0.25) is 0 Å². The molecule has 0 saturated heterocycles. The van der Waals surface area contributed by atoms with Crippen LogP contribution in [-0.2, 0) is 20.7 Å². The maximum Gasteiger partial charge on any atom is 0.408 e. The summed E-state index contributed by atoms with van der Waals surface area (Å²) in [5.74, 6) is -1.29. The van der Waals surface area contributed by atoms with Gasteiger partial charge in [0.1, 0.15) is 23.1 Å². The first-order valence-electron chi connectivity index (χ1n) is 11.7. The highest BCUT2D eigenvalue weighted by molar-refractivity contribution is 6.00. The summed E-state index contributed by atoms with van der Waals surface area (Å²) in [6.45, 7) is 8.74. The van der Waals surface area contributed by atoms with Crippen molar-refractivity contribution in [3.8, 4) is 11.5 Å². The largest absolute Gasteiger partial charge is 0.480 e. The average molecular weight is 500 g/mol. The van der Waals surface area contributed by atoms with Gasteiger partial charge in [0, 0.05) is 6.42 Å². The number of carbonyl (C=O) groups is 4. The maximum absolute atomic E-state index is 12.2. The van der Waals surface area contributed by atoms with Crippen molar-refractivity contribution in [1.29, 1.82) is 0 Å². The molecule has 9 nitrogen and oxygen atoms in total. The Morgan fingerprint density at radius 1 is 1.03 bits per heavy atom. The molecule has 2 rings (SSSR count). The number of unbranched alkanes of at least 4 members (excludes halogenated alkanes) is 1. The van der Waals surface area contributed by atoms with Crippen molar-refractivity contribution in [1.82, 2.24) is 5.32 Å². The predicted octanol–water partition coefficient (Wildman–Crippen LogP) is 5.16. The van der Waals surface area contributed by atoms with Crippen LogP contribution in [0.1, 0.15) is 73.7 Å². The second-order valence-corrected chi connectivity index (χ2v) is 9.24. The highest BCUT2D eigenvalue weighted by Gasteiger charge is 2.24. The number of ether oxygens (including phenoxy) is 3. The number of hydrogen-bond acceptors (Lipinski definition) is 7. The number of rotatable bonds is 11. The fourth-order valence-corrected chi connectivity index (χ4v) is 3.12. The summed E-state index contributed by atoms with van der Waals surface area (Å²) >= 11 is 0. The smallest absolute Gasteiger partial charge is 0.408 e. The lowest BCUT2D eigenvalue weighted by atomic mass is 10.1. The van der Waals surface area contributed by atoms with Crippen LogP contribution < -0.4 is 10.1 Å². The Balaban J connectivity index is 2.11. The Morgan fingerprint density at radius 3 is 2.25 bits per heavy atom. The highest BCUT2D eigenvalue weighted by Crippen LogP contribution is 2.28. The fourth-order valence-electron chi connectivity index (χ4n) is 3.12. The van der Waals surface area contributed by atoms with E-state index in [9.17, 15) is 24.3 Å². The Hall–Kier alpha value is -3.88. The quantitative estimate of drug-likeness (QED) is 0.246. The molecule has 36 heavy (non-hydrogen) atoms. The van der Waals surface area contributed by atoms with Crippen molar-refractivity contribution in [3.63, 3.8) is 0 Å². The summed E-state index contributed by atoms with van der Waals surface area (Å²) < 4.78 is 16.2. The number of alkyl carbamates (subject to hydrolysis) is 1. The fraction of sp³-hybridized carbons (Fsp3) is 0.407. The molecule has 0 saturated carbocycles. The minimum Gasteiger partial charge on any atom is -0.480 e. The topological polar surface area (TPSA) is 128 Å². The Labute approximate surface area is 210 Å². The molecule has 2 aromatic rings. The van der Waals surface area contributed by atoms with E-state index in [1.54, 1.807) is 45.0 Å². The standard InChI is InChI=1S/C27H33NO8/c1-6-7-14-34-25(32)19-10-13-23(21(16-19)17(2)29)35-20-11-8-18(9-12-20)15-22(24(30)31)28-26(33)36-27(3,4)5/h8-13,16,22H,6-7,14-15H2,1-5H3,(H,28,33)(H,30,31)/t22-/m0/s1. The van der Waals surface area contributed by atoms with Crippen molar-refractivity contribution in [3.05, 3.63) is 59.2 Å². The summed E-state index contributed by atoms with van der Waals surface area (Å²) in [5.41, 5.74) is 0.383. The molecule has 0 spiro atoms. The van der Waals surface area contributed by atoms with E-state index in [1.807, 2.05) is 6.92 Å². The molecule has 0 bridgehead atoms. The highest BCUT2D eigenvalue weighted by atomic mass is 16.6. The first kappa shape index (κ1) is 28.4. The molecule has 9 heteroatoms. The first-order valence-corrected chi connectivity index (χ1v) is 11.7. The molecule has 0 aliphatic rings. The Morgan fingerprint density at radius 2 is 1.69 bits per heavy atom. The third-order valence-corrected chi connectivity index (χ3v) is 4.91. The van der Waals surface area contributed by atoms with Gasteiger partial charge in [-0.05, 0) is 70.0 Å². The molecular formula is C27H33NO8. The number of amides is 1. The third kappa shape index (κ3) is 9.05. The van der Waals surface area contributed by atoms with Gasteiger partial charge in [0.15, 0.2) is 5.78 Å². The van der Waals surface area contributed by atoms with Crippen LogP contribution in [0.5, 0.6) is 11.5 Å². The molecule has 0 unspecified atom stereocenters. The van der Waals surface area contributed by atoms with Crippen LogP contribution in [0.3, 0.4) is 0 Å². The molecule has 1 atom stereocenters. The minimum absolute atomic E-state index is 0.0302. The molecule has 0 aliphatic carbocycles. The summed E-state index contributed by atoms with van der Waals surface area (Å²) in [6.07, 6.45) is 0.869. The zero-order valence-electron chi connectivity index (χ0n) is 21.3. The summed E-state index contributed by atoms with van der Waals surface area (Å²) in [4.78, 5) is 48.0. The van der Waals surface area contributed by atoms with Crippen LogP contribution in [0.15, 0.2) is 42.5 Å². The molecule has 0 aliphatic heterocycles. The number of nitrogens with one attached hydrogen (secondary N) is 1. The van der Waals surface area contributed by atoms with E-state index in [0.717, 1.165) is 12.8 Å². The minimum atomic E-state index is -1.19.